The molecule has 3 aromatic heterocycles. The zero-order chi connectivity index (χ0) is 38.9. The molecule has 0 aliphatic carbocycles. The molecule has 2 aliphatic rings. The van der Waals surface area contributed by atoms with Gasteiger partial charge in [-0.1, -0.05) is 20.8 Å². The molecular formula is C38H47N5O9S. The van der Waals surface area contributed by atoms with Crippen molar-refractivity contribution in [2.75, 3.05) is 26.5 Å². The van der Waals surface area contributed by atoms with E-state index in [1.807, 2.05) is 32.0 Å². The molecular weight excluding hydrogens is 703 g/mol. The van der Waals surface area contributed by atoms with Gasteiger partial charge in [0.2, 0.25) is 0 Å². The minimum absolute atomic E-state index is 0.00370. The van der Waals surface area contributed by atoms with Crippen molar-refractivity contribution in [2.24, 2.45) is 0 Å². The minimum atomic E-state index is -4.37. The van der Waals surface area contributed by atoms with E-state index in [-0.39, 0.29) is 54.0 Å². The fourth-order valence-corrected chi connectivity index (χ4v) is 7.97. The van der Waals surface area contributed by atoms with Gasteiger partial charge in [0, 0.05) is 75.9 Å². The second-order valence-corrected chi connectivity index (χ2v) is 15.4. The van der Waals surface area contributed by atoms with Gasteiger partial charge in [-0.25, -0.2) is 0 Å². The van der Waals surface area contributed by atoms with Crippen LogP contribution in [0.4, 0.5) is 0 Å². The van der Waals surface area contributed by atoms with Gasteiger partial charge in [-0.15, -0.1) is 0 Å². The molecule has 15 heteroatoms. The summed E-state index contributed by atoms with van der Waals surface area (Å²) in [7, 11) is -1.80. The molecule has 0 aromatic carbocycles. The zero-order valence-corrected chi connectivity index (χ0v) is 32.1. The number of H-pyrrole nitrogens is 2. The number of carbonyl (C=O) groups is 4. The van der Waals surface area contributed by atoms with E-state index >= 15 is 0 Å². The van der Waals surface area contributed by atoms with Crippen molar-refractivity contribution in [3.05, 3.63) is 68.8 Å². The molecule has 0 saturated heterocycles. The Kier molecular flexibility index (Phi) is 11.6. The Morgan fingerprint density at radius 2 is 1.43 bits per heavy atom. The molecule has 0 radical (unpaired) electrons. The van der Waals surface area contributed by atoms with Crippen molar-refractivity contribution in [1.29, 1.82) is 0 Å². The number of rotatable bonds is 11. The summed E-state index contributed by atoms with van der Waals surface area (Å²) in [6.07, 6.45) is 0.812. The van der Waals surface area contributed by atoms with Gasteiger partial charge in [0.05, 0.1) is 48.7 Å². The molecule has 2 aliphatic heterocycles. The van der Waals surface area contributed by atoms with Gasteiger partial charge in [0.25, 0.3) is 16.0 Å². The number of carbonyl (C=O) groups excluding carboxylic acids is 4. The molecule has 284 valence electrons. The standard InChI is InChI=1S/C38H47N5O9S/c1-9-23-18(2)26-17-31-34(22(6)44)20(4)28(41-31)15-27-19(3)24(10-11-32(45)51-7)36(42-27)25(14-33(46)52-8)37-35(38(47)39-12-13-53(48,49)50)21(5)29(43-37)16-30(23)40-26/h15-19,23-24,41,43H,9-14H2,1-8H3,(H,39,47)(H,48,49,50)/t18-,19+,23-,24+/m1/s1. The topological polar surface area (TPSA) is 210 Å². The summed E-state index contributed by atoms with van der Waals surface area (Å²) in [5.41, 5.74) is 7.04. The van der Waals surface area contributed by atoms with Crippen LogP contribution < -0.4 is 5.32 Å². The van der Waals surface area contributed by atoms with E-state index in [0.29, 0.717) is 51.0 Å². The number of nitrogens with zero attached hydrogens (tertiary/aromatic N) is 2. The van der Waals surface area contributed by atoms with E-state index < -0.39 is 39.6 Å². The molecule has 0 fully saturated rings. The number of ketones is 1. The van der Waals surface area contributed by atoms with Crippen LogP contribution in [0.5, 0.6) is 0 Å². The Labute approximate surface area is 308 Å². The van der Waals surface area contributed by atoms with Crippen LogP contribution >= 0.6 is 0 Å². The third-order valence-electron chi connectivity index (χ3n) is 10.6. The summed E-state index contributed by atoms with van der Waals surface area (Å²) in [6.45, 7) is 10.9. The van der Waals surface area contributed by atoms with Gasteiger partial charge in [-0.3, -0.25) is 33.7 Å². The van der Waals surface area contributed by atoms with Crippen LogP contribution in [0.15, 0.2) is 18.2 Å². The first-order valence-electron chi connectivity index (χ1n) is 17.6. The number of aryl methyl sites for hydroxylation is 2. The maximum absolute atomic E-state index is 14.0. The number of hydrogen-bond acceptors (Lipinski definition) is 10. The van der Waals surface area contributed by atoms with Gasteiger partial charge >= 0.3 is 11.9 Å². The number of fused-ring (bicyclic) bond motifs is 8. The number of methoxy groups -OCH3 is 2. The molecule has 53 heavy (non-hydrogen) atoms. The smallest absolute Gasteiger partial charge is 0.310 e. The quantitative estimate of drug-likeness (QED) is 0.108. The Morgan fingerprint density at radius 3 is 2.06 bits per heavy atom. The van der Waals surface area contributed by atoms with Crippen LogP contribution in [0.3, 0.4) is 0 Å². The van der Waals surface area contributed by atoms with E-state index in [1.165, 1.54) is 21.1 Å². The van der Waals surface area contributed by atoms with Gasteiger partial charge in [-0.2, -0.15) is 8.42 Å². The van der Waals surface area contributed by atoms with Gasteiger partial charge in [-0.05, 0) is 62.9 Å². The highest BCUT2D eigenvalue weighted by molar-refractivity contribution is 7.85. The summed E-state index contributed by atoms with van der Waals surface area (Å²) in [4.78, 5) is 69.7. The molecule has 4 atom stereocenters. The van der Waals surface area contributed by atoms with Crippen LogP contribution in [0.2, 0.25) is 0 Å². The van der Waals surface area contributed by atoms with Crippen molar-refractivity contribution in [3.8, 4) is 0 Å². The van der Waals surface area contributed by atoms with E-state index in [4.69, 9.17) is 19.4 Å². The Hall–Kier alpha value is -4.89. The molecule has 5 heterocycles. The lowest BCUT2D eigenvalue weighted by Gasteiger charge is -2.18. The highest BCUT2D eigenvalue weighted by Crippen LogP contribution is 2.43. The first kappa shape index (κ1) is 39.3. The maximum Gasteiger partial charge on any atom is 0.310 e. The number of ether oxygens (including phenoxy) is 2. The number of amides is 1. The fraction of sp³-hybridized carbons (Fsp3) is 0.474. The van der Waals surface area contributed by atoms with Crippen molar-refractivity contribution >= 4 is 55.8 Å². The molecule has 4 N–H and O–H groups in total. The first-order chi connectivity index (χ1) is 25.0. The highest BCUT2D eigenvalue weighted by atomic mass is 32.2. The number of aromatic amines is 2. The van der Waals surface area contributed by atoms with Crippen LogP contribution in [0.25, 0.3) is 22.1 Å². The second kappa shape index (κ2) is 15.6. The lowest BCUT2D eigenvalue weighted by Crippen LogP contribution is -2.29. The number of Topliss-reactive ketones (excluding diaryl/α,β-unsaturated/α-hetero) is 1. The second-order valence-electron chi connectivity index (χ2n) is 13.8. The third-order valence-corrected chi connectivity index (χ3v) is 11.3. The van der Waals surface area contributed by atoms with Crippen molar-refractivity contribution in [1.82, 2.24) is 25.3 Å². The highest BCUT2D eigenvalue weighted by Gasteiger charge is 2.34. The summed E-state index contributed by atoms with van der Waals surface area (Å²) in [6, 6.07) is 5.66. The normalized spacial score (nSPS) is 18.4. The predicted molar refractivity (Wildman–Crippen MR) is 199 cm³/mol. The van der Waals surface area contributed by atoms with Crippen LogP contribution in [0.1, 0.15) is 131 Å². The third kappa shape index (κ3) is 8.05. The van der Waals surface area contributed by atoms with E-state index in [9.17, 15) is 32.1 Å². The molecule has 1 amide bonds. The number of hydrogen-bond donors (Lipinski definition) is 4. The number of nitrogens with one attached hydrogen (secondary N) is 3. The lowest BCUT2D eigenvalue weighted by molar-refractivity contribution is -0.141. The average Bonchev–Trinajstić information content (AvgIpc) is 3.78. The van der Waals surface area contributed by atoms with Gasteiger partial charge in [0.1, 0.15) is 0 Å². The molecule has 0 saturated carbocycles. The van der Waals surface area contributed by atoms with Gasteiger partial charge < -0.3 is 24.8 Å². The van der Waals surface area contributed by atoms with Crippen LogP contribution in [0, 0.1) is 13.8 Å². The molecule has 5 rings (SSSR count). The molecule has 3 aromatic rings. The van der Waals surface area contributed by atoms with Crippen molar-refractivity contribution < 1.29 is 41.6 Å². The molecule has 8 bridgehead atoms. The Balaban J connectivity index is 1.98. The SMILES string of the molecule is CC[C@H]1c2cc3[nH]c(c(CC(=O)OC)c4nc(cc5[nH]c(cc(n2)[C@@H]1C)c(C(C)=O)c5C)[C@@H](C)[C@@H]4CCC(=O)OC)c(C(=O)NCCS(=O)(=O)O)c3C. The lowest BCUT2D eigenvalue weighted by atomic mass is 9.85. The van der Waals surface area contributed by atoms with Gasteiger partial charge in [0.15, 0.2) is 5.78 Å². The molecule has 0 spiro atoms. The maximum atomic E-state index is 14.0. The number of esters is 2. The van der Waals surface area contributed by atoms with Crippen LogP contribution in [-0.4, -0.2) is 83.1 Å². The molecule has 0 unspecified atom stereocenters. The Bertz CT molecular complexity index is 2260. The van der Waals surface area contributed by atoms with E-state index in [1.54, 1.807) is 6.92 Å². The first-order valence-corrected chi connectivity index (χ1v) is 19.2. The van der Waals surface area contributed by atoms with E-state index in [2.05, 4.69) is 29.1 Å². The summed E-state index contributed by atoms with van der Waals surface area (Å²) in [5.74, 6) is -3.18. The van der Waals surface area contributed by atoms with Crippen molar-refractivity contribution in [2.45, 2.75) is 90.9 Å². The molecule has 14 nitrogen and oxygen atoms in total. The monoisotopic (exact) mass is 749 g/mol. The largest absolute Gasteiger partial charge is 0.469 e. The predicted octanol–water partition coefficient (Wildman–Crippen LogP) is 5.61. The fourth-order valence-electron chi connectivity index (χ4n) is 7.61. The van der Waals surface area contributed by atoms with Crippen LogP contribution in [-0.2, 0) is 35.6 Å². The number of aromatic nitrogens is 4. The zero-order valence-electron chi connectivity index (χ0n) is 31.3. The summed E-state index contributed by atoms with van der Waals surface area (Å²) >= 11 is 0. The summed E-state index contributed by atoms with van der Waals surface area (Å²) in [5, 5.41) is 2.60. The average molecular weight is 750 g/mol. The minimum Gasteiger partial charge on any atom is -0.469 e. The Morgan fingerprint density at radius 1 is 0.849 bits per heavy atom. The van der Waals surface area contributed by atoms with E-state index in [0.717, 1.165) is 23.4 Å². The summed E-state index contributed by atoms with van der Waals surface area (Å²) < 4.78 is 42.4. The van der Waals surface area contributed by atoms with Crippen molar-refractivity contribution in [3.63, 3.8) is 0 Å².